The largest absolute Gasteiger partial charge is 0.485 e. The van der Waals surface area contributed by atoms with Crippen LogP contribution in [-0.2, 0) is 0 Å². The highest BCUT2D eigenvalue weighted by Crippen LogP contribution is 2.37. The summed E-state index contributed by atoms with van der Waals surface area (Å²) in [6.07, 6.45) is 2.12. The summed E-state index contributed by atoms with van der Waals surface area (Å²) in [5.41, 5.74) is 0.130. The maximum atomic E-state index is 13.3. The van der Waals surface area contributed by atoms with E-state index in [-0.39, 0.29) is 40.0 Å². The van der Waals surface area contributed by atoms with Crippen molar-refractivity contribution in [2.24, 2.45) is 10.5 Å². The molecule has 0 N–H and O–H groups in total. The summed E-state index contributed by atoms with van der Waals surface area (Å²) in [6.45, 7) is 10.1. The molecule has 0 fully saturated rings. The minimum absolute atomic E-state index is 0.00780. The Labute approximate surface area is 210 Å². The van der Waals surface area contributed by atoms with E-state index >= 15 is 0 Å². The molecule has 3 aromatic rings. The Morgan fingerprint density at radius 3 is 2.65 bits per heavy atom. The number of benzene rings is 2. The van der Waals surface area contributed by atoms with E-state index in [1.54, 1.807) is 12.1 Å². The van der Waals surface area contributed by atoms with Crippen molar-refractivity contribution < 1.29 is 9.66 Å². The zero-order valence-corrected chi connectivity index (χ0v) is 22.0. The molecule has 34 heavy (non-hydrogen) atoms. The van der Waals surface area contributed by atoms with Crippen LogP contribution < -0.4 is 10.3 Å². The molecule has 0 aliphatic rings. The van der Waals surface area contributed by atoms with Gasteiger partial charge in [-0.1, -0.05) is 62.1 Å². The van der Waals surface area contributed by atoms with Gasteiger partial charge in [-0.15, -0.1) is 0 Å². The van der Waals surface area contributed by atoms with Gasteiger partial charge in [0.1, 0.15) is 5.82 Å². The number of hydrogen-bond acceptors (Lipinski definition) is 6. The van der Waals surface area contributed by atoms with Gasteiger partial charge < -0.3 is 4.74 Å². The van der Waals surface area contributed by atoms with Crippen LogP contribution in [0.15, 0.2) is 44.7 Å². The summed E-state index contributed by atoms with van der Waals surface area (Å²) in [6, 6.07) is 8.15. The molecule has 3 rings (SSSR count). The van der Waals surface area contributed by atoms with Crippen LogP contribution in [0.5, 0.6) is 5.75 Å². The molecular weight excluding hydrogens is 524 g/mol. The van der Waals surface area contributed by atoms with Gasteiger partial charge in [-0.05, 0) is 36.1 Å². The maximum absolute atomic E-state index is 13.3. The van der Waals surface area contributed by atoms with E-state index < -0.39 is 4.92 Å². The van der Waals surface area contributed by atoms with E-state index in [4.69, 9.17) is 16.3 Å². The lowest BCUT2D eigenvalue weighted by Crippen LogP contribution is -2.23. The van der Waals surface area contributed by atoms with Crippen molar-refractivity contribution in [2.45, 2.75) is 47.0 Å². The van der Waals surface area contributed by atoms with Gasteiger partial charge >= 0.3 is 5.69 Å². The molecule has 2 aromatic carbocycles. The number of rotatable bonds is 7. The molecule has 0 aliphatic carbocycles. The van der Waals surface area contributed by atoms with E-state index in [9.17, 15) is 14.9 Å². The first kappa shape index (κ1) is 25.8. The minimum Gasteiger partial charge on any atom is -0.485 e. The van der Waals surface area contributed by atoms with Crippen LogP contribution in [0.3, 0.4) is 0 Å². The Bertz CT molecular complexity index is 1330. The summed E-state index contributed by atoms with van der Waals surface area (Å²) >= 11 is 9.73. The fourth-order valence-electron chi connectivity index (χ4n) is 3.14. The molecule has 1 aromatic heterocycles. The Balaban J connectivity index is 2.11. The van der Waals surface area contributed by atoms with Crippen molar-refractivity contribution in [3.63, 3.8) is 0 Å². The van der Waals surface area contributed by atoms with Crippen molar-refractivity contribution in [1.82, 2.24) is 9.66 Å². The maximum Gasteiger partial charge on any atom is 0.313 e. The monoisotopic (exact) mass is 548 g/mol. The van der Waals surface area contributed by atoms with Crippen LogP contribution in [0.25, 0.3) is 10.9 Å². The molecule has 1 atom stereocenters. The zero-order chi connectivity index (χ0) is 25.2. The van der Waals surface area contributed by atoms with Crippen molar-refractivity contribution >= 4 is 50.3 Å². The highest BCUT2D eigenvalue weighted by atomic mass is 79.9. The second-order valence-electron chi connectivity index (χ2n) is 9.26. The van der Waals surface area contributed by atoms with E-state index in [1.807, 2.05) is 40.7 Å². The topological polar surface area (TPSA) is 99.6 Å². The van der Waals surface area contributed by atoms with Gasteiger partial charge in [0.05, 0.1) is 33.7 Å². The van der Waals surface area contributed by atoms with Crippen LogP contribution in [-0.4, -0.2) is 27.4 Å². The highest BCUT2D eigenvalue weighted by molar-refractivity contribution is 9.10. The average molecular weight is 550 g/mol. The first-order valence-electron chi connectivity index (χ1n) is 10.8. The number of aromatic nitrogens is 2. The Morgan fingerprint density at radius 1 is 1.32 bits per heavy atom. The SMILES string of the molecule is CC[C@@H](C)c1nc2ccc(Br)cc2c(=O)n1N=Cc1cc(Cl)c(OCC(C)(C)C)c([N+](=O)[O-])c1. The van der Waals surface area contributed by atoms with E-state index in [0.29, 0.717) is 22.3 Å². The molecule has 8 nitrogen and oxygen atoms in total. The molecule has 0 unspecified atom stereocenters. The van der Waals surface area contributed by atoms with E-state index in [2.05, 4.69) is 26.0 Å². The molecular formula is C24H26BrClN4O4. The fourth-order valence-corrected chi connectivity index (χ4v) is 3.78. The van der Waals surface area contributed by atoms with Crippen LogP contribution in [0.2, 0.25) is 5.02 Å². The zero-order valence-electron chi connectivity index (χ0n) is 19.6. The normalized spacial score (nSPS) is 12.9. The van der Waals surface area contributed by atoms with Crippen molar-refractivity contribution in [1.29, 1.82) is 0 Å². The molecule has 0 aliphatic heterocycles. The minimum atomic E-state index is -0.549. The molecule has 0 bridgehead atoms. The molecule has 10 heteroatoms. The molecule has 0 radical (unpaired) electrons. The molecule has 0 saturated carbocycles. The van der Waals surface area contributed by atoms with Crippen molar-refractivity contribution in [2.75, 3.05) is 6.61 Å². The van der Waals surface area contributed by atoms with Gasteiger partial charge in [0.25, 0.3) is 5.56 Å². The summed E-state index contributed by atoms with van der Waals surface area (Å²) in [7, 11) is 0. The lowest BCUT2D eigenvalue weighted by atomic mass is 9.99. The fraction of sp³-hybridized carbons (Fsp3) is 0.375. The van der Waals surface area contributed by atoms with E-state index in [0.717, 1.165) is 10.9 Å². The van der Waals surface area contributed by atoms with Crippen LogP contribution in [0.4, 0.5) is 5.69 Å². The predicted molar refractivity (Wildman–Crippen MR) is 138 cm³/mol. The van der Waals surface area contributed by atoms with Gasteiger partial charge in [-0.3, -0.25) is 14.9 Å². The smallest absolute Gasteiger partial charge is 0.313 e. The average Bonchev–Trinajstić information content (AvgIpc) is 2.76. The Kier molecular flexibility index (Phi) is 7.77. The lowest BCUT2D eigenvalue weighted by Gasteiger charge is -2.19. The van der Waals surface area contributed by atoms with Gasteiger partial charge in [0.2, 0.25) is 5.75 Å². The van der Waals surface area contributed by atoms with Crippen molar-refractivity contribution in [3.8, 4) is 5.75 Å². The predicted octanol–water partition coefficient (Wildman–Crippen LogP) is 6.54. The first-order chi connectivity index (χ1) is 15.9. The third kappa shape index (κ3) is 5.82. The van der Waals surface area contributed by atoms with Crippen LogP contribution in [0, 0.1) is 15.5 Å². The molecule has 0 saturated heterocycles. The summed E-state index contributed by atoms with van der Waals surface area (Å²) in [4.78, 5) is 29.1. The number of hydrogen-bond donors (Lipinski definition) is 0. The number of nitro benzene ring substituents is 1. The Hall–Kier alpha value is -2.78. The van der Waals surface area contributed by atoms with E-state index in [1.165, 1.54) is 23.0 Å². The number of nitro groups is 1. The second-order valence-corrected chi connectivity index (χ2v) is 10.6. The third-order valence-corrected chi connectivity index (χ3v) is 5.88. The summed E-state index contributed by atoms with van der Waals surface area (Å²) in [5, 5.41) is 16.6. The number of nitrogens with zero attached hydrogens (tertiary/aromatic N) is 4. The Morgan fingerprint density at radius 2 is 2.03 bits per heavy atom. The van der Waals surface area contributed by atoms with Crippen LogP contribution in [0.1, 0.15) is 58.3 Å². The molecule has 0 spiro atoms. The van der Waals surface area contributed by atoms with Gasteiger partial charge in [0, 0.05) is 22.0 Å². The first-order valence-corrected chi connectivity index (χ1v) is 12.0. The molecule has 1 heterocycles. The molecule has 180 valence electrons. The lowest BCUT2D eigenvalue weighted by molar-refractivity contribution is -0.385. The number of fused-ring (bicyclic) bond motifs is 1. The van der Waals surface area contributed by atoms with Gasteiger partial charge in [0.15, 0.2) is 0 Å². The van der Waals surface area contributed by atoms with Crippen molar-refractivity contribution in [3.05, 3.63) is 71.7 Å². The third-order valence-electron chi connectivity index (χ3n) is 5.10. The van der Waals surface area contributed by atoms with Crippen LogP contribution >= 0.6 is 27.5 Å². The quantitative estimate of drug-likeness (QED) is 0.189. The standard InChI is InChI=1S/C24H26BrClN4O4/c1-6-14(2)22-28-19-8-7-16(25)11-17(19)23(31)29(22)27-12-15-9-18(26)21(20(10-15)30(32)33)34-13-24(3,4)5/h7-12,14H,6,13H2,1-5H3/t14-/m1/s1. The number of ether oxygens (including phenoxy) is 1. The summed E-state index contributed by atoms with van der Waals surface area (Å²) < 4.78 is 7.66. The molecule has 0 amide bonds. The summed E-state index contributed by atoms with van der Waals surface area (Å²) in [5.74, 6) is 0.474. The highest BCUT2D eigenvalue weighted by Gasteiger charge is 2.23. The van der Waals surface area contributed by atoms with Gasteiger partial charge in [-0.2, -0.15) is 9.78 Å². The second kappa shape index (κ2) is 10.2. The van der Waals surface area contributed by atoms with Gasteiger partial charge in [-0.25, -0.2) is 4.98 Å². The number of halogens is 2.